The van der Waals surface area contributed by atoms with E-state index in [1.807, 2.05) is 42.5 Å². The summed E-state index contributed by atoms with van der Waals surface area (Å²) in [6, 6.07) is 16.0. The molecule has 0 atom stereocenters. The van der Waals surface area contributed by atoms with Gasteiger partial charge in [0.05, 0.1) is 32.5 Å². The molecule has 0 saturated heterocycles. The van der Waals surface area contributed by atoms with Crippen LogP contribution in [0.25, 0.3) is 22.2 Å². The molecule has 1 heterocycles. The molecule has 0 saturated carbocycles. The number of rotatable bonds is 7. The third-order valence-corrected chi connectivity index (χ3v) is 6.20. The molecule has 160 valence electrons. The Morgan fingerprint density at radius 1 is 0.871 bits per heavy atom. The van der Waals surface area contributed by atoms with Gasteiger partial charge in [0, 0.05) is 29.2 Å². The predicted octanol–water partition coefficient (Wildman–Crippen LogP) is 4.42. The van der Waals surface area contributed by atoms with Crippen molar-refractivity contribution in [1.82, 2.24) is 4.98 Å². The number of fused-ring (bicyclic) bond motifs is 4. The Hall–Kier alpha value is -3.41. The first-order valence-electron chi connectivity index (χ1n) is 10.2. The number of aromatic nitrogens is 1. The summed E-state index contributed by atoms with van der Waals surface area (Å²) in [6.45, 7) is 0. The van der Waals surface area contributed by atoms with Crippen LogP contribution in [0.4, 0.5) is 0 Å². The Kier molecular flexibility index (Phi) is 5.63. The van der Waals surface area contributed by atoms with Crippen LogP contribution in [0.1, 0.15) is 36.8 Å². The molecule has 0 radical (unpaired) electrons. The lowest BCUT2D eigenvalue weighted by molar-refractivity contribution is -0.141. The second kappa shape index (κ2) is 8.38. The number of hydrogen-bond acceptors (Lipinski definition) is 6. The standard InChI is InChI=1S/C25H25NO5/c1-29-17-8-9-18-19(15-17)25(12-10-22(27)30-2,13-11-23(28)31-3)20-14-16-6-4-5-7-21(16)26-24(18)20/h4-9,14-15H,10-13H2,1-3H3. The van der Waals surface area contributed by atoms with Crippen LogP contribution in [0.2, 0.25) is 0 Å². The summed E-state index contributed by atoms with van der Waals surface area (Å²) in [5, 5.41) is 1.02. The van der Waals surface area contributed by atoms with Crippen LogP contribution in [0.5, 0.6) is 5.75 Å². The van der Waals surface area contributed by atoms with Gasteiger partial charge in [-0.3, -0.25) is 9.59 Å². The van der Waals surface area contributed by atoms with Crippen molar-refractivity contribution in [2.24, 2.45) is 0 Å². The molecule has 0 N–H and O–H groups in total. The van der Waals surface area contributed by atoms with Crippen LogP contribution >= 0.6 is 0 Å². The summed E-state index contributed by atoms with van der Waals surface area (Å²) < 4.78 is 15.3. The number of para-hydroxylation sites is 1. The number of esters is 2. The van der Waals surface area contributed by atoms with Crippen LogP contribution in [0, 0.1) is 0 Å². The van der Waals surface area contributed by atoms with Crippen LogP contribution in [-0.2, 0) is 24.5 Å². The van der Waals surface area contributed by atoms with E-state index in [-0.39, 0.29) is 24.8 Å². The van der Waals surface area contributed by atoms with Crippen molar-refractivity contribution in [1.29, 1.82) is 0 Å². The van der Waals surface area contributed by atoms with E-state index in [0.29, 0.717) is 12.8 Å². The molecule has 6 nitrogen and oxygen atoms in total. The number of ether oxygens (including phenoxy) is 3. The van der Waals surface area contributed by atoms with Crippen molar-refractivity contribution in [2.75, 3.05) is 21.3 Å². The molecule has 2 aromatic carbocycles. The van der Waals surface area contributed by atoms with Crippen LogP contribution < -0.4 is 4.74 Å². The van der Waals surface area contributed by atoms with Crippen molar-refractivity contribution in [3.63, 3.8) is 0 Å². The summed E-state index contributed by atoms with van der Waals surface area (Å²) in [7, 11) is 4.40. The monoisotopic (exact) mass is 419 g/mol. The van der Waals surface area contributed by atoms with E-state index < -0.39 is 5.41 Å². The molecule has 1 aliphatic carbocycles. The largest absolute Gasteiger partial charge is 0.497 e. The summed E-state index contributed by atoms with van der Waals surface area (Å²) in [5.74, 6) is 0.143. The van der Waals surface area contributed by atoms with E-state index in [0.717, 1.165) is 39.0 Å². The van der Waals surface area contributed by atoms with Gasteiger partial charge in [0.15, 0.2) is 0 Å². The smallest absolute Gasteiger partial charge is 0.305 e. The van der Waals surface area contributed by atoms with Gasteiger partial charge >= 0.3 is 11.9 Å². The lowest BCUT2D eigenvalue weighted by Crippen LogP contribution is -2.28. The van der Waals surface area contributed by atoms with Gasteiger partial charge in [-0.25, -0.2) is 4.98 Å². The third-order valence-electron chi connectivity index (χ3n) is 6.20. The Morgan fingerprint density at radius 2 is 1.55 bits per heavy atom. The van der Waals surface area contributed by atoms with Crippen LogP contribution in [0.15, 0.2) is 48.5 Å². The lowest BCUT2D eigenvalue weighted by Gasteiger charge is -2.32. The highest BCUT2D eigenvalue weighted by Gasteiger charge is 2.45. The molecule has 31 heavy (non-hydrogen) atoms. The van der Waals surface area contributed by atoms with E-state index >= 15 is 0 Å². The van der Waals surface area contributed by atoms with Crippen molar-refractivity contribution in [3.05, 3.63) is 59.7 Å². The van der Waals surface area contributed by atoms with E-state index in [1.54, 1.807) is 7.11 Å². The van der Waals surface area contributed by atoms with E-state index in [9.17, 15) is 9.59 Å². The Labute approximate surface area is 181 Å². The highest BCUT2D eigenvalue weighted by molar-refractivity contribution is 5.89. The highest BCUT2D eigenvalue weighted by atomic mass is 16.5. The molecule has 0 fully saturated rings. The number of pyridine rings is 1. The van der Waals surface area contributed by atoms with Gasteiger partial charge in [-0.1, -0.05) is 18.2 Å². The normalized spacial score (nSPS) is 13.4. The number of nitrogens with zero attached hydrogens (tertiary/aromatic N) is 1. The van der Waals surface area contributed by atoms with E-state index in [1.165, 1.54) is 14.2 Å². The Bertz CT molecular complexity index is 1130. The first-order chi connectivity index (χ1) is 15.0. The molecule has 0 spiro atoms. The summed E-state index contributed by atoms with van der Waals surface area (Å²) in [4.78, 5) is 29.2. The molecule has 1 aliphatic rings. The van der Waals surface area contributed by atoms with Gasteiger partial charge in [-0.05, 0) is 54.3 Å². The summed E-state index contributed by atoms with van der Waals surface area (Å²) in [5.41, 5.74) is 4.22. The summed E-state index contributed by atoms with van der Waals surface area (Å²) in [6.07, 6.45) is 1.43. The van der Waals surface area contributed by atoms with Gasteiger partial charge < -0.3 is 14.2 Å². The zero-order chi connectivity index (χ0) is 22.0. The van der Waals surface area contributed by atoms with Gasteiger partial charge in [0.1, 0.15) is 5.75 Å². The fourth-order valence-electron chi connectivity index (χ4n) is 4.58. The summed E-state index contributed by atoms with van der Waals surface area (Å²) >= 11 is 0. The van der Waals surface area contributed by atoms with Crippen molar-refractivity contribution in [2.45, 2.75) is 31.1 Å². The second-order valence-electron chi connectivity index (χ2n) is 7.72. The molecule has 0 bridgehead atoms. The topological polar surface area (TPSA) is 74.7 Å². The number of hydrogen-bond donors (Lipinski definition) is 0. The predicted molar refractivity (Wildman–Crippen MR) is 117 cm³/mol. The van der Waals surface area contributed by atoms with E-state index in [2.05, 4.69) is 6.07 Å². The fourth-order valence-corrected chi connectivity index (χ4v) is 4.58. The first-order valence-corrected chi connectivity index (χ1v) is 10.2. The Morgan fingerprint density at radius 3 is 2.19 bits per heavy atom. The third kappa shape index (κ3) is 3.63. The minimum atomic E-state index is -0.585. The van der Waals surface area contributed by atoms with Gasteiger partial charge in [-0.2, -0.15) is 0 Å². The van der Waals surface area contributed by atoms with Crippen LogP contribution in [-0.4, -0.2) is 38.3 Å². The van der Waals surface area contributed by atoms with Crippen LogP contribution in [0.3, 0.4) is 0 Å². The minimum Gasteiger partial charge on any atom is -0.497 e. The molecule has 1 aromatic heterocycles. The first kappa shape index (κ1) is 20.8. The minimum absolute atomic E-state index is 0.223. The lowest BCUT2D eigenvalue weighted by atomic mass is 9.71. The molecule has 0 aliphatic heterocycles. The number of methoxy groups -OCH3 is 3. The number of carbonyl (C=O) groups is 2. The molecule has 0 amide bonds. The maximum Gasteiger partial charge on any atom is 0.305 e. The van der Waals surface area contributed by atoms with Gasteiger partial charge in [0.25, 0.3) is 0 Å². The SMILES string of the molecule is COC(=O)CCC1(CCC(=O)OC)c2cc(OC)ccc2-c2nc3ccccc3cc21. The molecular formula is C25H25NO5. The molecule has 6 heteroatoms. The quantitative estimate of drug-likeness (QED) is 0.528. The maximum absolute atomic E-state index is 12.1. The average molecular weight is 419 g/mol. The van der Waals surface area contributed by atoms with Crippen molar-refractivity contribution >= 4 is 22.8 Å². The van der Waals surface area contributed by atoms with Crippen molar-refractivity contribution < 1.29 is 23.8 Å². The zero-order valence-electron chi connectivity index (χ0n) is 17.9. The fraction of sp³-hybridized carbons (Fsp3) is 0.320. The maximum atomic E-state index is 12.1. The van der Waals surface area contributed by atoms with Crippen molar-refractivity contribution in [3.8, 4) is 17.0 Å². The molecule has 3 aromatic rings. The highest BCUT2D eigenvalue weighted by Crippen LogP contribution is 2.54. The molecular weight excluding hydrogens is 394 g/mol. The van der Waals surface area contributed by atoms with Gasteiger partial charge in [0.2, 0.25) is 0 Å². The zero-order valence-corrected chi connectivity index (χ0v) is 17.9. The van der Waals surface area contributed by atoms with Gasteiger partial charge in [-0.15, -0.1) is 0 Å². The number of carbonyl (C=O) groups excluding carboxylic acids is 2. The second-order valence-corrected chi connectivity index (χ2v) is 7.72. The molecule has 0 unspecified atom stereocenters. The number of benzene rings is 2. The molecule has 4 rings (SSSR count). The van der Waals surface area contributed by atoms with E-state index in [4.69, 9.17) is 19.2 Å². The Balaban J connectivity index is 1.95. The average Bonchev–Trinajstić information content (AvgIpc) is 3.07.